The van der Waals surface area contributed by atoms with Crippen LogP contribution < -0.4 is 5.32 Å². The molecule has 0 aromatic heterocycles. The zero-order valence-electron chi connectivity index (χ0n) is 45.3. The van der Waals surface area contributed by atoms with E-state index in [2.05, 4.69) is 50.4 Å². The Labute approximate surface area is 418 Å². The van der Waals surface area contributed by atoms with Crippen molar-refractivity contribution >= 4 is 11.9 Å². The molecule has 6 nitrogen and oxygen atoms in total. The van der Waals surface area contributed by atoms with Crippen LogP contribution in [0.3, 0.4) is 0 Å². The molecule has 0 fully saturated rings. The molecule has 0 radical (unpaired) electrons. The molecule has 0 aliphatic rings. The molecule has 3 atom stereocenters. The Kier molecular flexibility index (Phi) is 53.9. The molecule has 0 spiro atoms. The van der Waals surface area contributed by atoms with Crippen molar-refractivity contribution < 1.29 is 24.5 Å². The first-order valence-electron chi connectivity index (χ1n) is 30.1. The summed E-state index contributed by atoms with van der Waals surface area (Å²) >= 11 is 0. The Hall–Kier alpha value is -1.66. The third-order valence-electron chi connectivity index (χ3n) is 14.0. The Bertz CT molecular complexity index is 1060. The van der Waals surface area contributed by atoms with Gasteiger partial charge in [-0.2, -0.15) is 0 Å². The summed E-state index contributed by atoms with van der Waals surface area (Å²) in [4.78, 5) is 26.3. The SMILES string of the molecule is CCCCC/C=C\C/C=C\CCCCCCCCCC(=O)OC(CCCCCCCCCCCCCCCCCCC)CC(=O)NC(CO)C(O)CCCCCCCCCCCCCCCC. The molecule has 3 N–H and O–H groups in total. The average molecular weight is 945 g/mol. The first kappa shape index (κ1) is 65.3. The smallest absolute Gasteiger partial charge is 0.306 e. The summed E-state index contributed by atoms with van der Waals surface area (Å²) in [5.74, 6) is -0.460. The van der Waals surface area contributed by atoms with Gasteiger partial charge in [0.2, 0.25) is 5.91 Å². The summed E-state index contributed by atoms with van der Waals surface area (Å²) in [5, 5.41) is 23.9. The van der Waals surface area contributed by atoms with Crippen LogP contribution in [0.5, 0.6) is 0 Å². The number of esters is 1. The van der Waals surface area contributed by atoms with Gasteiger partial charge < -0.3 is 20.3 Å². The molecule has 0 aromatic rings. The number of nitrogens with one attached hydrogen (secondary N) is 1. The maximum absolute atomic E-state index is 13.3. The number of hydrogen-bond donors (Lipinski definition) is 3. The van der Waals surface area contributed by atoms with Crippen molar-refractivity contribution in [2.24, 2.45) is 0 Å². The minimum atomic E-state index is -0.786. The van der Waals surface area contributed by atoms with E-state index < -0.39 is 18.2 Å². The van der Waals surface area contributed by atoms with Gasteiger partial charge in [-0.25, -0.2) is 0 Å². The van der Waals surface area contributed by atoms with Gasteiger partial charge in [-0.1, -0.05) is 283 Å². The highest BCUT2D eigenvalue weighted by molar-refractivity contribution is 5.77. The number of carbonyl (C=O) groups is 2. The van der Waals surface area contributed by atoms with Crippen LogP contribution in [0.2, 0.25) is 0 Å². The molecule has 0 bridgehead atoms. The predicted molar refractivity (Wildman–Crippen MR) is 292 cm³/mol. The fourth-order valence-corrected chi connectivity index (χ4v) is 9.46. The van der Waals surface area contributed by atoms with E-state index in [1.807, 2.05) is 0 Å². The largest absolute Gasteiger partial charge is 0.462 e. The highest BCUT2D eigenvalue weighted by atomic mass is 16.5. The second-order valence-corrected chi connectivity index (χ2v) is 20.8. The lowest BCUT2D eigenvalue weighted by Crippen LogP contribution is -2.46. The number of unbranched alkanes of at least 4 members (excludes halogenated alkanes) is 39. The quantitative estimate of drug-likeness (QED) is 0.0321. The summed E-state index contributed by atoms with van der Waals surface area (Å²) in [6.45, 7) is 6.51. The monoisotopic (exact) mass is 944 g/mol. The minimum absolute atomic E-state index is 0.0810. The number of hydrogen-bond acceptors (Lipinski definition) is 5. The van der Waals surface area contributed by atoms with Gasteiger partial charge in [-0.3, -0.25) is 9.59 Å². The highest BCUT2D eigenvalue weighted by Crippen LogP contribution is 2.19. The van der Waals surface area contributed by atoms with Gasteiger partial charge in [0.25, 0.3) is 0 Å². The fraction of sp³-hybridized carbons (Fsp3) is 0.902. The van der Waals surface area contributed by atoms with Gasteiger partial charge in [0.1, 0.15) is 6.10 Å². The molecule has 0 aromatic carbocycles. The molecule has 0 aliphatic heterocycles. The zero-order chi connectivity index (χ0) is 48.8. The Morgan fingerprint density at radius 3 is 1.16 bits per heavy atom. The number of rotatable bonds is 55. The van der Waals surface area contributed by atoms with Gasteiger partial charge >= 0.3 is 5.97 Å². The van der Waals surface area contributed by atoms with Gasteiger partial charge in [-0.15, -0.1) is 0 Å². The molecule has 396 valence electrons. The van der Waals surface area contributed by atoms with Crippen LogP contribution in [0.1, 0.15) is 329 Å². The Morgan fingerprint density at radius 2 is 0.761 bits per heavy atom. The van der Waals surface area contributed by atoms with Crippen molar-refractivity contribution in [3.05, 3.63) is 24.3 Å². The number of ether oxygens (including phenoxy) is 1. The van der Waals surface area contributed by atoms with Gasteiger partial charge in [0.05, 0.1) is 25.2 Å². The number of amides is 1. The highest BCUT2D eigenvalue weighted by Gasteiger charge is 2.24. The number of allylic oxidation sites excluding steroid dienone is 4. The lowest BCUT2D eigenvalue weighted by Gasteiger charge is -2.24. The van der Waals surface area contributed by atoms with E-state index in [1.165, 1.54) is 225 Å². The second-order valence-electron chi connectivity index (χ2n) is 20.8. The normalized spacial score (nSPS) is 13.2. The number of carbonyl (C=O) groups excluding carboxylic acids is 2. The zero-order valence-corrected chi connectivity index (χ0v) is 45.3. The predicted octanol–water partition coefficient (Wildman–Crippen LogP) is 18.6. The molecule has 6 heteroatoms. The van der Waals surface area contributed by atoms with Crippen molar-refractivity contribution in [1.82, 2.24) is 5.32 Å². The van der Waals surface area contributed by atoms with E-state index in [9.17, 15) is 19.8 Å². The van der Waals surface area contributed by atoms with Crippen molar-refractivity contribution in [3.63, 3.8) is 0 Å². The summed E-state index contributed by atoms with van der Waals surface area (Å²) in [5.41, 5.74) is 0. The van der Waals surface area contributed by atoms with Crippen molar-refractivity contribution in [2.45, 2.75) is 347 Å². The van der Waals surface area contributed by atoms with E-state index in [0.717, 1.165) is 57.8 Å². The van der Waals surface area contributed by atoms with E-state index in [-0.39, 0.29) is 24.9 Å². The molecule has 0 rings (SSSR count). The maximum atomic E-state index is 13.3. The molecular formula is C61H117NO5. The molecule has 0 aliphatic carbocycles. The van der Waals surface area contributed by atoms with Crippen LogP contribution in [-0.2, 0) is 14.3 Å². The summed E-state index contributed by atoms with van der Waals surface area (Å²) in [6.07, 6.45) is 65.3. The maximum Gasteiger partial charge on any atom is 0.306 e. The standard InChI is InChI=1S/C61H117NO5/c1-4-7-10-13-16-19-22-25-28-30-32-34-37-40-43-46-49-52-57(67-61(66)54-51-48-45-42-39-36-33-31-29-26-23-20-17-14-11-8-5-2)55-60(65)62-58(56-63)59(64)53-50-47-44-41-38-35-27-24-21-18-15-12-9-6-3/h17,20,26,29,57-59,63-64H,4-16,18-19,21-25,27-28,30-56H2,1-3H3,(H,62,65)/b20-17-,29-26-. The molecule has 0 heterocycles. The third kappa shape index (κ3) is 50.5. The second kappa shape index (κ2) is 55.3. The van der Waals surface area contributed by atoms with E-state index in [1.54, 1.807) is 0 Å². The lowest BCUT2D eigenvalue weighted by atomic mass is 10.0. The van der Waals surface area contributed by atoms with Gasteiger partial charge in [0, 0.05) is 6.42 Å². The Morgan fingerprint density at radius 1 is 0.433 bits per heavy atom. The fourth-order valence-electron chi connectivity index (χ4n) is 9.46. The molecule has 0 saturated carbocycles. The van der Waals surface area contributed by atoms with Crippen molar-refractivity contribution in [3.8, 4) is 0 Å². The van der Waals surface area contributed by atoms with Crippen LogP contribution in [0.4, 0.5) is 0 Å². The summed E-state index contributed by atoms with van der Waals surface area (Å²) < 4.78 is 5.98. The molecule has 67 heavy (non-hydrogen) atoms. The number of aliphatic hydroxyl groups is 2. The minimum Gasteiger partial charge on any atom is -0.462 e. The third-order valence-corrected chi connectivity index (χ3v) is 14.0. The lowest BCUT2D eigenvalue weighted by molar-refractivity contribution is -0.151. The van der Waals surface area contributed by atoms with E-state index >= 15 is 0 Å². The van der Waals surface area contributed by atoms with Crippen LogP contribution in [0.15, 0.2) is 24.3 Å². The molecule has 3 unspecified atom stereocenters. The van der Waals surface area contributed by atoms with Crippen molar-refractivity contribution in [1.29, 1.82) is 0 Å². The van der Waals surface area contributed by atoms with Gasteiger partial charge in [-0.05, 0) is 57.8 Å². The van der Waals surface area contributed by atoms with E-state index in [4.69, 9.17) is 4.74 Å². The van der Waals surface area contributed by atoms with Crippen LogP contribution >= 0.6 is 0 Å². The number of aliphatic hydroxyl groups excluding tert-OH is 2. The molecular weight excluding hydrogens is 827 g/mol. The first-order chi connectivity index (χ1) is 33.0. The first-order valence-corrected chi connectivity index (χ1v) is 30.1. The topological polar surface area (TPSA) is 95.9 Å². The summed E-state index contributed by atoms with van der Waals surface area (Å²) in [7, 11) is 0. The van der Waals surface area contributed by atoms with Crippen LogP contribution in [0, 0.1) is 0 Å². The van der Waals surface area contributed by atoms with Gasteiger partial charge in [0.15, 0.2) is 0 Å². The molecule has 1 amide bonds. The Balaban J connectivity index is 4.53. The molecule has 0 saturated heterocycles. The van der Waals surface area contributed by atoms with Crippen molar-refractivity contribution in [2.75, 3.05) is 6.61 Å². The summed E-state index contributed by atoms with van der Waals surface area (Å²) in [6, 6.07) is -0.699. The average Bonchev–Trinajstić information content (AvgIpc) is 3.32. The van der Waals surface area contributed by atoms with E-state index in [0.29, 0.717) is 19.3 Å². The van der Waals surface area contributed by atoms with Crippen LogP contribution in [0.25, 0.3) is 0 Å². The van der Waals surface area contributed by atoms with Crippen LogP contribution in [-0.4, -0.2) is 46.9 Å².